The number of rotatable bonds is 4. The zero-order chi connectivity index (χ0) is 10.7. The van der Waals surface area contributed by atoms with Crippen LogP contribution in [0.25, 0.3) is 0 Å². The van der Waals surface area contributed by atoms with Crippen LogP contribution < -0.4 is 0 Å². The number of nitrogens with zero attached hydrogens (tertiary/aromatic N) is 3. The van der Waals surface area contributed by atoms with Gasteiger partial charge in [0.1, 0.15) is 12.5 Å². The highest BCUT2D eigenvalue weighted by Gasteiger charge is 2.25. The molecular formula is C11H23N3. The average molecular weight is 197 g/mol. The van der Waals surface area contributed by atoms with Gasteiger partial charge in [-0.15, -0.1) is 0 Å². The van der Waals surface area contributed by atoms with Gasteiger partial charge in [-0.2, -0.15) is 5.10 Å². The first-order chi connectivity index (χ1) is 6.50. The lowest BCUT2D eigenvalue weighted by Gasteiger charge is -2.30. The fraction of sp³-hybridized carbons (Fsp3) is 0.909. The molecule has 1 unspecified atom stereocenters. The van der Waals surface area contributed by atoms with Gasteiger partial charge in [0, 0.05) is 13.6 Å². The summed E-state index contributed by atoms with van der Waals surface area (Å²) in [6, 6.07) is 0. The maximum atomic E-state index is 4.34. The van der Waals surface area contributed by atoms with Gasteiger partial charge in [0.25, 0.3) is 0 Å². The van der Waals surface area contributed by atoms with Crippen molar-refractivity contribution in [2.24, 2.45) is 16.9 Å². The van der Waals surface area contributed by atoms with Crippen molar-refractivity contribution in [2.75, 3.05) is 13.6 Å². The lowest BCUT2D eigenvalue weighted by molar-refractivity contribution is 0.128. The summed E-state index contributed by atoms with van der Waals surface area (Å²) in [5.74, 6) is 1.42. The molecule has 0 saturated carbocycles. The van der Waals surface area contributed by atoms with Gasteiger partial charge in [0.2, 0.25) is 0 Å². The lowest BCUT2D eigenvalue weighted by Crippen LogP contribution is -2.40. The Kier molecular flexibility index (Phi) is 3.78. The zero-order valence-corrected chi connectivity index (χ0v) is 10.1. The largest absolute Gasteiger partial charge is 0.339 e. The molecule has 0 N–H and O–H groups in total. The van der Waals surface area contributed by atoms with Crippen LogP contribution in [-0.4, -0.2) is 36.0 Å². The fourth-order valence-corrected chi connectivity index (χ4v) is 1.82. The van der Waals surface area contributed by atoms with E-state index in [9.17, 15) is 0 Å². The van der Waals surface area contributed by atoms with Crippen molar-refractivity contribution < 1.29 is 0 Å². The minimum Gasteiger partial charge on any atom is -0.339 e. The summed E-state index contributed by atoms with van der Waals surface area (Å²) in [7, 11) is 2.06. The van der Waals surface area contributed by atoms with Crippen molar-refractivity contribution in [1.82, 2.24) is 9.91 Å². The Labute approximate surface area is 87.8 Å². The van der Waals surface area contributed by atoms with Crippen molar-refractivity contribution >= 4 is 6.34 Å². The predicted molar refractivity (Wildman–Crippen MR) is 61.0 cm³/mol. The summed E-state index contributed by atoms with van der Waals surface area (Å²) in [4.78, 5) is 2.35. The smallest absolute Gasteiger partial charge is 0.119 e. The molecule has 1 rings (SSSR count). The lowest BCUT2D eigenvalue weighted by atomic mass is 10.1. The van der Waals surface area contributed by atoms with E-state index in [0.29, 0.717) is 12.1 Å². The van der Waals surface area contributed by atoms with Crippen LogP contribution in [0.4, 0.5) is 0 Å². The SMILES string of the molecule is CC(C)CC1N(CC(C)C)C=NN1C. The molecule has 1 aliphatic rings. The second-order valence-electron chi connectivity index (χ2n) is 5.01. The molecule has 0 fully saturated rings. The van der Waals surface area contributed by atoms with Crippen molar-refractivity contribution in [3.63, 3.8) is 0 Å². The van der Waals surface area contributed by atoms with E-state index >= 15 is 0 Å². The Bertz CT molecular complexity index is 199. The van der Waals surface area contributed by atoms with Crippen molar-refractivity contribution in [3.05, 3.63) is 0 Å². The minimum atomic E-state index is 0.470. The van der Waals surface area contributed by atoms with Gasteiger partial charge in [0.05, 0.1) is 0 Å². The third kappa shape index (κ3) is 2.89. The highest BCUT2D eigenvalue weighted by Crippen LogP contribution is 2.19. The predicted octanol–water partition coefficient (Wildman–Crippen LogP) is 2.21. The monoisotopic (exact) mass is 197 g/mol. The topological polar surface area (TPSA) is 18.8 Å². The Balaban J connectivity index is 2.52. The molecule has 0 amide bonds. The third-order valence-corrected chi connectivity index (χ3v) is 2.45. The van der Waals surface area contributed by atoms with E-state index in [1.54, 1.807) is 0 Å². The summed E-state index contributed by atoms with van der Waals surface area (Å²) < 4.78 is 0. The molecule has 0 aromatic carbocycles. The van der Waals surface area contributed by atoms with Gasteiger partial charge in [-0.05, 0) is 18.3 Å². The number of hydrogen-bond donors (Lipinski definition) is 0. The van der Waals surface area contributed by atoms with Gasteiger partial charge in [0.15, 0.2) is 0 Å². The molecule has 0 aliphatic carbocycles. The molecule has 1 aliphatic heterocycles. The van der Waals surface area contributed by atoms with Crippen LogP contribution >= 0.6 is 0 Å². The summed E-state index contributed by atoms with van der Waals surface area (Å²) in [5.41, 5.74) is 0. The second-order valence-corrected chi connectivity index (χ2v) is 5.01. The molecule has 0 bridgehead atoms. The molecule has 14 heavy (non-hydrogen) atoms. The quantitative estimate of drug-likeness (QED) is 0.688. The van der Waals surface area contributed by atoms with E-state index in [-0.39, 0.29) is 0 Å². The highest BCUT2D eigenvalue weighted by molar-refractivity contribution is 5.57. The minimum absolute atomic E-state index is 0.470. The molecule has 1 atom stereocenters. The van der Waals surface area contributed by atoms with Crippen LogP contribution in [0.1, 0.15) is 34.1 Å². The molecule has 0 aromatic heterocycles. The molecule has 0 saturated heterocycles. The second kappa shape index (κ2) is 4.67. The first-order valence-electron chi connectivity index (χ1n) is 5.53. The van der Waals surface area contributed by atoms with E-state index in [4.69, 9.17) is 0 Å². The van der Waals surface area contributed by atoms with Crippen molar-refractivity contribution in [2.45, 2.75) is 40.3 Å². The van der Waals surface area contributed by atoms with Crippen LogP contribution in [0.2, 0.25) is 0 Å². The van der Waals surface area contributed by atoms with Gasteiger partial charge in [-0.1, -0.05) is 27.7 Å². The first kappa shape index (κ1) is 11.3. The maximum Gasteiger partial charge on any atom is 0.119 e. The van der Waals surface area contributed by atoms with Crippen molar-refractivity contribution in [1.29, 1.82) is 0 Å². The Morgan fingerprint density at radius 1 is 1.21 bits per heavy atom. The average Bonchev–Trinajstić information content (AvgIpc) is 2.34. The number of hydrazone groups is 1. The molecule has 0 aromatic rings. The van der Waals surface area contributed by atoms with Crippen molar-refractivity contribution in [3.8, 4) is 0 Å². The highest BCUT2D eigenvalue weighted by atomic mass is 15.6. The van der Waals surface area contributed by atoms with Crippen LogP contribution in [0, 0.1) is 11.8 Å². The molecule has 1 heterocycles. The zero-order valence-electron chi connectivity index (χ0n) is 10.1. The van der Waals surface area contributed by atoms with E-state index in [1.807, 2.05) is 6.34 Å². The molecule has 0 radical (unpaired) electrons. The van der Waals surface area contributed by atoms with Gasteiger partial charge in [-0.3, -0.25) is 5.01 Å². The standard InChI is InChI=1S/C11H23N3/c1-9(2)6-11-13(5)12-8-14(11)7-10(3)4/h8-11H,6-7H2,1-5H3. The van der Waals surface area contributed by atoms with Crippen LogP contribution in [0.5, 0.6) is 0 Å². The summed E-state index contributed by atoms with van der Waals surface area (Å²) in [5, 5.41) is 6.41. The summed E-state index contributed by atoms with van der Waals surface area (Å²) in [6.07, 6.45) is 3.63. The molecule has 3 heteroatoms. The van der Waals surface area contributed by atoms with Gasteiger partial charge >= 0.3 is 0 Å². The van der Waals surface area contributed by atoms with Gasteiger partial charge in [-0.25, -0.2) is 0 Å². The summed E-state index contributed by atoms with van der Waals surface area (Å²) >= 11 is 0. The Morgan fingerprint density at radius 3 is 2.36 bits per heavy atom. The van der Waals surface area contributed by atoms with E-state index in [1.165, 1.54) is 6.42 Å². The molecule has 0 spiro atoms. The summed E-state index contributed by atoms with van der Waals surface area (Å²) in [6.45, 7) is 10.1. The van der Waals surface area contributed by atoms with E-state index in [0.717, 1.165) is 12.5 Å². The number of hydrogen-bond acceptors (Lipinski definition) is 3. The van der Waals surface area contributed by atoms with E-state index in [2.05, 4.69) is 49.8 Å². The molecular weight excluding hydrogens is 174 g/mol. The molecule has 3 nitrogen and oxygen atoms in total. The maximum absolute atomic E-state index is 4.34. The Hall–Kier alpha value is -0.730. The Morgan fingerprint density at radius 2 is 1.86 bits per heavy atom. The van der Waals surface area contributed by atoms with Crippen LogP contribution in [0.15, 0.2) is 5.10 Å². The van der Waals surface area contributed by atoms with Crippen LogP contribution in [0.3, 0.4) is 0 Å². The van der Waals surface area contributed by atoms with E-state index < -0.39 is 0 Å². The van der Waals surface area contributed by atoms with Gasteiger partial charge < -0.3 is 4.90 Å². The first-order valence-corrected chi connectivity index (χ1v) is 5.53. The molecule has 82 valence electrons. The van der Waals surface area contributed by atoms with Crippen LogP contribution in [-0.2, 0) is 0 Å². The normalized spacial score (nSPS) is 21.8. The fourth-order valence-electron chi connectivity index (χ4n) is 1.82. The third-order valence-electron chi connectivity index (χ3n) is 2.45.